The second kappa shape index (κ2) is 28.4. The van der Waals surface area contributed by atoms with Crippen LogP contribution >= 0.6 is 8.53 Å². The molecule has 9 rings (SSSR count). The molecule has 21 nitrogen and oxygen atoms in total. The number of amides is 1. The van der Waals surface area contributed by atoms with E-state index in [1.54, 1.807) is 28.8 Å². The van der Waals surface area contributed by atoms with Crippen molar-refractivity contribution in [1.82, 2.24) is 24.2 Å². The van der Waals surface area contributed by atoms with Crippen LogP contribution in [0, 0.1) is 66.6 Å². The number of rotatable bonds is 27. The number of imidazole rings is 1. The Labute approximate surface area is 506 Å². The predicted octanol–water partition coefficient (Wildman–Crippen LogP) is 14.0. The number of aromatic nitrogens is 4. The number of non-ortho nitro benzene ring substituents is 2. The van der Waals surface area contributed by atoms with E-state index >= 15 is 0 Å². The van der Waals surface area contributed by atoms with Crippen molar-refractivity contribution in [2.45, 2.75) is 202 Å². The van der Waals surface area contributed by atoms with E-state index in [1.165, 1.54) is 87.4 Å². The van der Waals surface area contributed by atoms with Crippen LogP contribution < -0.4 is 5.32 Å². The van der Waals surface area contributed by atoms with E-state index in [2.05, 4.69) is 65.6 Å². The SMILES string of the molecule is CC(C)CCC[C@@H](C)[C@H]1CCC2C3CC=C4CC(OC(=O)CCC(=O)OC[C@@H]5C[C@@H](OP(OCCc6ccc([N+](=O)[O-])cc6)N(C(C)C)C(C)C)[C@H](n6cnc7c(NC(=O)OCCc8ccc([N+](=O)[O-])cc8)ncnc76)O5)CC[C@]4(C)C3CC[C@@]21C. The third-order valence-corrected chi connectivity index (χ3v) is 21.7. The van der Waals surface area contributed by atoms with Crippen LogP contribution in [0.25, 0.3) is 11.2 Å². The topological polar surface area (TPSA) is 252 Å². The summed E-state index contributed by atoms with van der Waals surface area (Å²) >= 11 is 0. The lowest BCUT2D eigenvalue weighted by Crippen LogP contribution is -2.51. The first-order chi connectivity index (χ1) is 41.1. The fourth-order valence-corrected chi connectivity index (χ4v) is 16.9. The Morgan fingerprint density at radius 2 is 1.49 bits per heavy atom. The maximum atomic E-state index is 13.5. The standard InChI is InChI=1S/C64H89N8O13P/c1-40(2)11-10-12-43(7)52-23-24-53-51-22-17-46-35-49(27-31-63(46,8)54(51)28-32-64(52,53)9)83-57(74)26-25-56(73)81-37-50-36-55(85-86(70(41(3)4)42(5)6)82-34-30-45-15-20-48(21-16-45)72(78)79)61(84-50)69-39-67-58-59(65-38-66-60(58)69)68-62(75)80-33-29-44-13-18-47(19-14-44)71(76)77/h13-21,38-43,49-55,61H,10-12,22-37H2,1-9H3,(H,65,66,68,75)/t43-,49?,50+,51?,52-,53?,54?,55-,61-,63+,64-,86?/m1/s1. The van der Waals surface area contributed by atoms with Gasteiger partial charge >= 0.3 is 18.0 Å². The molecule has 1 saturated heterocycles. The van der Waals surface area contributed by atoms with E-state index in [1.807, 2.05) is 27.7 Å². The number of carbonyl (C=O) groups is 3. The molecule has 22 heteroatoms. The highest BCUT2D eigenvalue weighted by atomic mass is 31.2. The third kappa shape index (κ3) is 15.1. The highest BCUT2D eigenvalue weighted by Crippen LogP contribution is 2.67. The molecule has 5 unspecified atom stereocenters. The molecule has 4 fully saturated rings. The number of fused-ring (bicyclic) bond motifs is 6. The number of hydrogen-bond acceptors (Lipinski definition) is 17. The van der Waals surface area contributed by atoms with Gasteiger partial charge in [-0.05, 0) is 137 Å². The van der Waals surface area contributed by atoms with Gasteiger partial charge in [0.25, 0.3) is 19.9 Å². The Hall–Kier alpha value is -5.99. The van der Waals surface area contributed by atoms with Gasteiger partial charge in [0.2, 0.25) is 0 Å². The van der Waals surface area contributed by atoms with Crippen molar-refractivity contribution in [1.29, 1.82) is 0 Å². The van der Waals surface area contributed by atoms with Crippen molar-refractivity contribution in [2.24, 2.45) is 46.3 Å². The summed E-state index contributed by atoms with van der Waals surface area (Å²) in [6, 6.07) is 12.3. The number of anilines is 1. The first-order valence-electron chi connectivity index (χ1n) is 31.3. The van der Waals surface area contributed by atoms with Crippen LogP contribution in [0.2, 0.25) is 0 Å². The zero-order valence-electron chi connectivity index (χ0n) is 51.6. The number of carbonyl (C=O) groups excluding carboxylic acids is 3. The van der Waals surface area contributed by atoms with Gasteiger partial charge in [-0.15, -0.1) is 0 Å². The van der Waals surface area contributed by atoms with Crippen molar-refractivity contribution in [3.05, 3.63) is 104 Å². The van der Waals surface area contributed by atoms with E-state index in [9.17, 15) is 34.6 Å². The van der Waals surface area contributed by atoms with E-state index in [4.69, 9.17) is 28.0 Å². The summed E-state index contributed by atoms with van der Waals surface area (Å²) in [4.78, 5) is 74.9. The Morgan fingerprint density at radius 3 is 2.15 bits per heavy atom. The van der Waals surface area contributed by atoms with E-state index in [-0.39, 0.29) is 85.4 Å². The summed E-state index contributed by atoms with van der Waals surface area (Å²) in [5.74, 6) is 3.59. The lowest BCUT2D eigenvalue weighted by Gasteiger charge is -2.58. The Bertz CT molecular complexity index is 3020. The van der Waals surface area contributed by atoms with Gasteiger partial charge in [0.1, 0.15) is 25.1 Å². The predicted molar refractivity (Wildman–Crippen MR) is 325 cm³/mol. The molecule has 3 heterocycles. The Balaban J connectivity index is 0.821. The number of nitro benzene ring substituents is 2. The number of hydrogen-bond donors (Lipinski definition) is 1. The zero-order chi connectivity index (χ0) is 61.5. The van der Waals surface area contributed by atoms with Gasteiger partial charge in [-0.1, -0.05) is 89.8 Å². The number of nitro groups is 2. The van der Waals surface area contributed by atoms with Crippen LogP contribution in [0.15, 0.2) is 72.8 Å². The minimum atomic E-state index is -1.79. The van der Waals surface area contributed by atoms with Gasteiger partial charge in [0.15, 0.2) is 23.2 Å². The smallest absolute Gasteiger partial charge is 0.412 e. The Kier molecular flexibility index (Phi) is 21.3. The van der Waals surface area contributed by atoms with Gasteiger partial charge in [0, 0.05) is 55.6 Å². The van der Waals surface area contributed by atoms with Crippen LogP contribution in [0.3, 0.4) is 0 Å². The lowest BCUT2D eigenvalue weighted by molar-refractivity contribution is -0.385. The van der Waals surface area contributed by atoms with Crippen LogP contribution in [0.5, 0.6) is 0 Å². The average molecular weight is 1210 g/mol. The van der Waals surface area contributed by atoms with Crippen molar-refractivity contribution < 1.29 is 52.2 Å². The largest absolute Gasteiger partial charge is 0.463 e. The maximum absolute atomic E-state index is 13.5. The highest BCUT2D eigenvalue weighted by molar-refractivity contribution is 7.44. The number of ether oxygens (including phenoxy) is 4. The van der Waals surface area contributed by atoms with Crippen molar-refractivity contribution in [3.63, 3.8) is 0 Å². The monoisotopic (exact) mass is 1210 g/mol. The number of nitrogens with one attached hydrogen (secondary N) is 1. The summed E-state index contributed by atoms with van der Waals surface area (Å²) in [6.07, 6.45) is 15.7. The minimum absolute atomic E-state index is 0.00415. The lowest BCUT2D eigenvalue weighted by atomic mass is 9.47. The summed E-state index contributed by atoms with van der Waals surface area (Å²) in [6.45, 7) is 20.6. The third-order valence-electron chi connectivity index (χ3n) is 19.5. The fraction of sp³-hybridized carbons (Fsp3) is 0.656. The molecule has 12 atom stereocenters. The average Bonchev–Trinajstić information content (AvgIpc) is 1.45. The van der Waals surface area contributed by atoms with Gasteiger partial charge in [0.05, 0.1) is 48.3 Å². The molecule has 468 valence electrons. The van der Waals surface area contributed by atoms with Crippen LogP contribution in [-0.2, 0) is 50.4 Å². The number of benzene rings is 2. The molecule has 4 aromatic rings. The van der Waals surface area contributed by atoms with Crippen molar-refractivity contribution in [2.75, 3.05) is 25.1 Å². The summed E-state index contributed by atoms with van der Waals surface area (Å²) in [7, 11) is -1.79. The summed E-state index contributed by atoms with van der Waals surface area (Å²) in [5.41, 5.74) is 4.07. The number of esters is 2. The molecule has 4 aliphatic carbocycles. The van der Waals surface area contributed by atoms with E-state index < -0.39 is 54.8 Å². The number of allylic oxidation sites excluding steroid dienone is 1. The first kappa shape index (κ1) is 64.5. The molecule has 2 aromatic carbocycles. The second-order valence-electron chi connectivity index (χ2n) is 26.1. The minimum Gasteiger partial charge on any atom is -0.463 e. The molecule has 1 aliphatic heterocycles. The molecule has 3 saturated carbocycles. The van der Waals surface area contributed by atoms with Crippen molar-refractivity contribution in [3.8, 4) is 0 Å². The fourth-order valence-electron chi connectivity index (χ4n) is 15.2. The van der Waals surface area contributed by atoms with Gasteiger partial charge in [-0.3, -0.25) is 39.7 Å². The van der Waals surface area contributed by atoms with E-state index in [0.717, 1.165) is 60.5 Å². The van der Waals surface area contributed by atoms with Crippen molar-refractivity contribution >= 4 is 54.9 Å². The molecule has 5 aliphatic rings. The molecule has 0 spiro atoms. The van der Waals surface area contributed by atoms with Crippen LogP contribution in [0.4, 0.5) is 22.0 Å². The Morgan fingerprint density at radius 1 is 0.814 bits per heavy atom. The van der Waals surface area contributed by atoms with Gasteiger partial charge < -0.3 is 28.0 Å². The molecule has 0 bridgehead atoms. The molecule has 2 aromatic heterocycles. The molecule has 1 N–H and O–H groups in total. The van der Waals surface area contributed by atoms with Crippen LogP contribution in [0.1, 0.15) is 170 Å². The van der Waals surface area contributed by atoms with Gasteiger partial charge in [-0.2, -0.15) is 0 Å². The molecular formula is C64H89N8O13P. The second-order valence-corrected chi connectivity index (χ2v) is 27.6. The summed E-state index contributed by atoms with van der Waals surface area (Å²) < 4.78 is 41.5. The normalized spacial score (nSPS) is 26.9. The zero-order valence-corrected chi connectivity index (χ0v) is 52.5. The maximum Gasteiger partial charge on any atom is 0.412 e. The molecule has 0 radical (unpaired) electrons. The quantitative estimate of drug-likeness (QED) is 0.0145. The molecular weight excluding hydrogens is 1120 g/mol. The summed E-state index contributed by atoms with van der Waals surface area (Å²) in [5, 5.41) is 25.1. The highest BCUT2D eigenvalue weighted by Gasteiger charge is 2.59. The van der Waals surface area contributed by atoms with Gasteiger partial charge in [-0.25, -0.2) is 24.4 Å². The van der Waals surface area contributed by atoms with Crippen LogP contribution in [-0.4, -0.2) is 102 Å². The number of nitrogens with zero attached hydrogens (tertiary/aromatic N) is 7. The molecule has 1 amide bonds. The first-order valence-corrected chi connectivity index (χ1v) is 32.4. The van der Waals surface area contributed by atoms with E-state index in [0.29, 0.717) is 35.7 Å². The molecule has 86 heavy (non-hydrogen) atoms.